The Morgan fingerprint density at radius 2 is 0.405 bits per heavy atom. The van der Waals surface area contributed by atoms with E-state index in [1.165, 1.54) is 55.6 Å². The molecule has 214 valence electrons. The highest BCUT2D eigenvalue weighted by atomic mass is 15.1. The average molecular weight is 553 g/mol. The van der Waals surface area contributed by atoms with Crippen LogP contribution in [0.4, 0.5) is 0 Å². The first-order valence-corrected chi connectivity index (χ1v) is 15.1. The van der Waals surface area contributed by atoms with Crippen LogP contribution in [0.5, 0.6) is 0 Å². The summed E-state index contributed by atoms with van der Waals surface area (Å²) in [7, 11) is 0. The second kappa shape index (κ2) is 14.3. The van der Waals surface area contributed by atoms with Crippen LogP contribution < -0.4 is 0 Å². The lowest BCUT2D eigenvalue weighted by atomic mass is 10.1. The minimum atomic E-state index is 0.915. The van der Waals surface area contributed by atoms with Gasteiger partial charge in [-0.1, -0.05) is 144 Å². The SMILES string of the molecule is Cc1ccc(CN(Cc2ccc(C)cc2)Cc2ccc(CN(Cc3ccc(C)cc3)Cc3ccc(C)cc3)cc2)cc1. The van der Waals surface area contributed by atoms with Crippen molar-refractivity contribution in [2.24, 2.45) is 0 Å². The van der Waals surface area contributed by atoms with Crippen molar-refractivity contribution in [3.05, 3.63) is 177 Å². The van der Waals surface area contributed by atoms with Gasteiger partial charge in [-0.15, -0.1) is 0 Å². The van der Waals surface area contributed by atoms with Crippen molar-refractivity contribution in [3.8, 4) is 0 Å². The molecule has 0 unspecified atom stereocenters. The van der Waals surface area contributed by atoms with Gasteiger partial charge in [0, 0.05) is 39.3 Å². The summed E-state index contributed by atoms with van der Waals surface area (Å²) < 4.78 is 0. The Balaban J connectivity index is 1.29. The molecule has 0 aromatic heterocycles. The molecule has 0 fully saturated rings. The van der Waals surface area contributed by atoms with Gasteiger partial charge in [0.05, 0.1) is 0 Å². The smallest absolute Gasteiger partial charge is 0.0240 e. The second-order valence-electron chi connectivity index (χ2n) is 12.0. The van der Waals surface area contributed by atoms with Crippen LogP contribution in [0.25, 0.3) is 0 Å². The normalized spacial score (nSPS) is 11.4. The lowest BCUT2D eigenvalue weighted by molar-refractivity contribution is 0.245. The summed E-state index contributed by atoms with van der Waals surface area (Å²) in [5.41, 5.74) is 13.3. The van der Waals surface area contributed by atoms with E-state index in [0.717, 1.165) is 39.3 Å². The van der Waals surface area contributed by atoms with Crippen LogP contribution in [0.3, 0.4) is 0 Å². The number of benzene rings is 5. The summed E-state index contributed by atoms with van der Waals surface area (Å²) in [5.74, 6) is 0. The van der Waals surface area contributed by atoms with Gasteiger partial charge in [-0.05, 0) is 61.1 Å². The predicted molar refractivity (Wildman–Crippen MR) is 177 cm³/mol. The molecule has 0 amide bonds. The number of hydrogen-bond donors (Lipinski definition) is 0. The van der Waals surface area contributed by atoms with Crippen LogP contribution in [0.2, 0.25) is 0 Å². The highest BCUT2D eigenvalue weighted by Gasteiger charge is 2.12. The van der Waals surface area contributed by atoms with Gasteiger partial charge in [0.15, 0.2) is 0 Å². The molecule has 2 heteroatoms. The zero-order chi connectivity index (χ0) is 29.3. The topological polar surface area (TPSA) is 6.48 Å². The van der Waals surface area contributed by atoms with Crippen LogP contribution >= 0.6 is 0 Å². The van der Waals surface area contributed by atoms with Crippen molar-refractivity contribution in [1.29, 1.82) is 0 Å². The Kier molecular flexibility index (Phi) is 10.0. The lowest BCUT2D eigenvalue weighted by Gasteiger charge is -2.24. The van der Waals surface area contributed by atoms with Gasteiger partial charge in [-0.3, -0.25) is 9.80 Å². The highest BCUT2D eigenvalue weighted by Crippen LogP contribution is 2.19. The maximum atomic E-state index is 2.55. The number of rotatable bonds is 12. The van der Waals surface area contributed by atoms with E-state index in [1.54, 1.807) is 0 Å². The van der Waals surface area contributed by atoms with E-state index in [2.05, 4.69) is 159 Å². The second-order valence-corrected chi connectivity index (χ2v) is 12.0. The molecule has 0 aliphatic heterocycles. The largest absolute Gasteiger partial charge is 0.291 e. The Labute approximate surface area is 253 Å². The van der Waals surface area contributed by atoms with E-state index >= 15 is 0 Å². The molecule has 0 saturated heterocycles. The zero-order valence-electron chi connectivity index (χ0n) is 25.7. The molecule has 5 aromatic rings. The van der Waals surface area contributed by atoms with Gasteiger partial charge in [-0.2, -0.15) is 0 Å². The van der Waals surface area contributed by atoms with Crippen molar-refractivity contribution < 1.29 is 0 Å². The van der Waals surface area contributed by atoms with Gasteiger partial charge < -0.3 is 0 Å². The average Bonchev–Trinajstić information content (AvgIpc) is 2.99. The Hall–Kier alpha value is -3.98. The molecule has 0 heterocycles. The van der Waals surface area contributed by atoms with E-state index in [1.807, 2.05) is 0 Å². The number of aryl methyl sites for hydroxylation is 4. The van der Waals surface area contributed by atoms with Crippen LogP contribution in [0.15, 0.2) is 121 Å². The maximum absolute atomic E-state index is 2.55. The first-order chi connectivity index (χ1) is 20.4. The van der Waals surface area contributed by atoms with Crippen LogP contribution in [-0.2, 0) is 39.3 Å². The van der Waals surface area contributed by atoms with Crippen molar-refractivity contribution in [2.75, 3.05) is 0 Å². The predicted octanol–water partition coefficient (Wildman–Crippen LogP) is 9.33. The van der Waals surface area contributed by atoms with Crippen molar-refractivity contribution >= 4 is 0 Å². The third kappa shape index (κ3) is 9.01. The summed E-state index contributed by atoms with van der Waals surface area (Å²) in [6.45, 7) is 14.1. The molecule has 0 aliphatic rings. The van der Waals surface area contributed by atoms with Gasteiger partial charge >= 0.3 is 0 Å². The fourth-order valence-electron chi connectivity index (χ4n) is 5.41. The summed E-state index contributed by atoms with van der Waals surface area (Å²) in [4.78, 5) is 5.09. The van der Waals surface area contributed by atoms with Crippen molar-refractivity contribution in [1.82, 2.24) is 9.80 Å². The zero-order valence-corrected chi connectivity index (χ0v) is 25.7. The standard InChI is InChI=1S/C40H44N2/c1-31-5-13-35(14-6-31)25-41(26-36-15-7-32(2)8-16-36)29-39-21-23-40(24-22-39)30-42(27-37-17-9-33(3)10-18-37)28-38-19-11-34(4)12-20-38/h5-24H,25-30H2,1-4H3. The van der Waals surface area contributed by atoms with Crippen LogP contribution in [0.1, 0.15) is 55.6 Å². The molecule has 0 N–H and O–H groups in total. The monoisotopic (exact) mass is 552 g/mol. The summed E-state index contributed by atoms with van der Waals surface area (Å²) in [6.07, 6.45) is 0. The minimum Gasteiger partial charge on any atom is -0.291 e. The molecular formula is C40H44N2. The van der Waals surface area contributed by atoms with E-state index in [-0.39, 0.29) is 0 Å². The summed E-state index contributed by atoms with van der Waals surface area (Å²) >= 11 is 0. The molecule has 5 aromatic carbocycles. The molecule has 5 rings (SSSR count). The maximum Gasteiger partial charge on any atom is 0.0240 e. The molecule has 0 atom stereocenters. The number of nitrogens with zero attached hydrogens (tertiary/aromatic N) is 2. The quantitative estimate of drug-likeness (QED) is 0.152. The summed E-state index contributed by atoms with van der Waals surface area (Å²) in [6, 6.07) is 45.1. The van der Waals surface area contributed by atoms with Gasteiger partial charge in [-0.25, -0.2) is 0 Å². The van der Waals surface area contributed by atoms with Crippen LogP contribution in [0, 0.1) is 27.7 Å². The molecule has 2 nitrogen and oxygen atoms in total. The van der Waals surface area contributed by atoms with Crippen molar-refractivity contribution in [2.45, 2.75) is 67.0 Å². The Morgan fingerprint density at radius 1 is 0.262 bits per heavy atom. The molecule has 0 radical (unpaired) electrons. The summed E-state index contributed by atoms with van der Waals surface area (Å²) in [5, 5.41) is 0. The lowest BCUT2D eigenvalue weighted by Crippen LogP contribution is -2.23. The Bertz CT molecular complexity index is 1300. The first-order valence-electron chi connectivity index (χ1n) is 15.1. The molecular weight excluding hydrogens is 508 g/mol. The first kappa shape index (κ1) is 29.5. The third-order valence-electron chi connectivity index (χ3n) is 7.94. The highest BCUT2D eigenvalue weighted by molar-refractivity contribution is 5.27. The molecule has 0 saturated carbocycles. The van der Waals surface area contributed by atoms with E-state index in [9.17, 15) is 0 Å². The van der Waals surface area contributed by atoms with Gasteiger partial charge in [0.2, 0.25) is 0 Å². The molecule has 42 heavy (non-hydrogen) atoms. The van der Waals surface area contributed by atoms with E-state index < -0.39 is 0 Å². The van der Waals surface area contributed by atoms with E-state index in [0.29, 0.717) is 0 Å². The number of hydrogen-bond acceptors (Lipinski definition) is 2. The molecule has 0 bridgehead atoms. The third-order valence-corrected chi connectivity index (χ3v) is 7.94. The van der Waals surface area contributed by atoms with Gasteiger partial charge in [0.1, 0.15) is 0 Å². The fraction of sp³-hybridized carbons (Fsp3) is 0.250. The molecule has 0 spiro atoms. The van der Waals surface area contributed by atoms with Crippen LogP contribution in [-0.4, -0.2) is 9.80 Å². The van der Waals surface area contributed by atoms with Gasteiger partial charge in [0.25, 0.3) is 0 Å². The Morgan fingerprint density at radius 3 is 0.571 bits per heavy atom. The minimum absolute atomic E-state index is 0.915. The van der Waals surface area contributed by atoms with Crippen molar-refractivity contribution in [3.63, 3.8) is 0 Å². The fourth-order valence-corrected chi connectivity index (χ4v) is 5.41. The molecule has 0 aliphatic carbocycles. The van der Waals surface area contributed by atoms with E-state index in [4.69, 9.17) is 0 Å².